The van der Waals surface area contributed by atoms with E-state index in [-0.39, 0.29) is 0 Å². The maximum absolute atomic E-state index is 5.63. The summed E-state index contributed by atoms with van der Waals surface area (Å²) in [6, 6.07) is 4.48. The van der Waals surface area contributed by atoms with Crippen molar-refractivity contribution in [1.29, 1.82) is 0 Å². The second kappa shape index (κ2) is 5.19. The highest BCUT2D eigenvalue weighted by molar-refractivity contribution is 5.56. The van der Waals surface area contributed by atoms with Crippen LogP contribution in [-0.2, 0) is 11.3 Å². The molecule has 1 aliphatic carbocycles. The quantitative estimate of drug-likeness (QED) is 0.866. The lowest BCUT2D eigenvalue weighted by molar-refractivity contribution is 0.0170. The van der Waals surface area contributed by atoms with Crippen LogP contribution in [0.25, 0.3) is 11.5 Å². The van der Waals surface area contributed by atoms with Gasteiger partial charge in [-0.2, -0.15) is 5.10 Å². The topological polar surface area (TPSA) is 63.1 Å². The molecule has 1 aliphatic rings. The van der Waals surface area contributed by atoms with Gasteiger partial charge in [-0.3, -0.25) is 5.10 Å². The number of H-pyrrole nitrogens is 1. The zero-order valence-electron chi connectivity index (χ0n) is 11.3. The molecule has 0 aromatic carbocycles. The Hall–Kier alpha value is -1.59. The number of aromatic nitrogens is 2. The van der Waals surface area contributed by atoms with Crippen LogP contribution in [0.1, 0.15) is 24.2 Å². The Kier molecular flexibility index (Phi) is 3.40. The third-order valence-electron chi connectivity index (χ3n) is 3.71. The number of aryl methyl sites for hydroxylation is 1. The highest BCUT2D eigenvalue weighted by atomic mass is 16.5. The summed E-state index contributed by atoms with van der Waals surface area (Å²) in [5, 5.41) is 10.6. The molecule has 5 heteroatoms. The summed E-state index contributed by atoms with van der Waals surface area (Å²) in [4.78, 5) is 0. The number of aromatic amines is 1. The van der Waals surface area contributed by atoms with Crippen LogP contribution in [0.2, 0.25) is 0 Å². The molecule has 0 saturated heterocycles. The van der Waals surface area contributed by atoms with Crippen LogP contribution in [0.3, 0.4) is 0 Å². The molecule has 2 heterocycles. The van der Waals surface area contributed by atoms with E-state index in [1.165, 1.54) is 0 Å². The summed E-state index contributed by atoms with van der Waals surface area (Å²) in [6.45, 7) is 2.74. The third kappa shape index (κ3) is 2.57. The van der Waals surface area contributed by atoms with Crippen LogP contribution in [0.15, 0.2) is 22.7 Å². The molecule has 19 heavy (non-hydrogen) atoms. The first-order valence-corrected chi connectivity index (χ1v) is 6.61. The first kappa shape index (κ1) is 12.4. The molecule has 2 aromatic rings. The molecule has 5 nitrogen and oxygen atoms in total. The van der Waals surface area contributed by atoms with E-state index in [0.717, 1.165) is 42.2 Å². The SMILES string of the molecule is COC1CC(NCc2cn[nH]c2-c2ccc(C)o2)C1. The van der Waals surface area contributed by atoms with Crippen LogP contribution in [0.5, 0.6) is 0 Å². The molecule has 1 saturated carbocycles. The van der Waals surface area contributed by atoms with E-state index in [9.17, 15) is 0 Å². The van der Waals surface area contributed by atoms with Crippen molar-refractivity contribution in [1.82, 2.24) is 15.5 Å². The molecule has 0 spiro atoms. The number of hydrogen-bond donors (Lipinski definition) is 2. The van der Waals surface area contributed by atoms with E-state index in [0.29, 0.717) is 12.1 Å². The van der Waals surface area contributed by atoms with Crippen LogP contribution in [0.4, 0.5) is 0 Å². The van der Waals surface area contributed by atoms with E-state index in [1.54, 1.807) is 7.11 Å². The average Bonchev–Trinajstić information content (AvgIpc) is 2.96. The standard InChI is InChI=1S/C14H19N3O2/c1-9-3-4-13(19-9)14-10(8-16-17-14)7-15-11-5-12(6-11)18-2/h3-4,8,11-12,15H,5-7H2,1-2H3,(H,16,17). The number of nitrogens with one attached hydrogen (secondary N) is 2. The van der Waals surface area contributed by atoms with E-state index in [1.807, 2.05) is 25.3 Å². The predicted octanol–water partition coefficient (Wildman–Crippen LogP) is 2.25. The Bertz CT molecular complexity index is 540. The van der Waals surface area contributed by atoms with Gasteiger partial charge in [0.25, 0.3) is 0 Å². The largest absolute Gasteiger partial charge is 0.460 e. The lowest BCUT2D eigenvalue weighted by Crippen LogP contribution is -2.44. The van der Waals surface area contributed by atoms with Gasteiger partial charge in [0, 0.05) is 25.3 Å². The van der Waals surface area contributed by atoms with Gasteiger partial charge in [-0.15, -0.1) is 0 Å². The second-order valence-electron chi connectivity index (χ2n) is 5.09. The van der Waals surface area contributed by atoms with Gasteiger partial charge in [0.1, 0.15) is 11.5 Å². The van der Waals surface area contributed by atoms with Crippen LogP contribution in [0, 0.1) is 6.92 Å². The maximum Gasteiger partial charge on any atom is 0.152 e. The minimum atomic E-state index is 0.425. The molecular formula is C14H19N3O2. The fourth-order valence-electron chi connectivity index (χ4n) is 2.41. The summed E-state index contributed by atoms with van der Waals surface area (Å²) in [6.07, 6.45) is 4.45. The molecule has 0 amide bonds. The maximum atomic E-state index is 5.63. The first-order chi connectivity index (χ1) is 9.26. The van der Waals surface area contributed by atoms with Crippen molar-refractivity contribution in [3.05, 3.63) is 29.7 Å². The number of rotatable bonds is 5. The van der Waals surface area contributed by atoms with E-state index < -0.39 is 0 Å². The summed E-state index contributed by atoms with van der Waals surface area (Å²) in [5.41, 5.74) is 2.10. The van der Waals surface area contributed by atoms with Crippen molar-refractivity contribution in [2.45, 2.75) is 38.5 Å². The van der Waals surface area contributed by atoms with Crippen molar-refractivity contribution < 1.29 is 9.15 Å². The molecule has 0 aliphatic heterocycles. The van der Waals surface area contributed by atoms with Gasteiger partial charge in [-0.05, 0) is 31.9 Å². The Labute approximate surface area is 112 Å². The van der Waals surface area contributed by atoms with Gasteiger partial charge in [0.15, 0.2) is 5.76 Å². The minimum absolute atomic E-state index is 0.425. The number of hydrogen-bond acceptors (Lipinski definition) is 4. The third-order valence-corrected chi connectivity index (χ3v) is 3.71. The van der Waals surface area contributed by atoms with Gasteiger partial charge >= 0.3 is 0 Å². The smallest absolute Gasteiger partial charge is 0.152 e. The number of nitrogens with zero attached hydrogens (tertiary/aromatic N) is 1. The first-order valence-electron chi connectivity index (χ1n) is 6.61. The van der Waals surface area contributed by atoms with Crippen molar-refractivity contribution in [3.63, 3.8) is 0 Å². The molecule has 2 aromatic heterocycles. The van der Waals surface area contributed by atoms with Crippen molar-refractivity contribution in [2.24, 2.45) is 0 Å². The zero-order valence-corrected chi connectivity index (χ0v) is 11.3. The number of ether oxygens (including phenoxy) is 1. The van der Waals surface area contributed by atoms with Crippen LogP contribution < -0.4 is 5.32 Å². The second-order valence-corrected chi connectivity index (χ2v) is 5.09. The summed E-state index contributed by atoms with van der Waals surface area (Å²) in [5.74, 6) is 1.75. The molecule has 102 valence electrons. The Morgan fingerprint density at radius 2 is 2.32 bits per heavy atom. The predicted molar refractivity (Wildman–Crippen MR) is 71.7 cm³/mol. The van der Waals surface area contributed by atoms with Gasteiger partial charge in [0.2, 0.25) is 0 Å². The Morgan fingerprint density at radius 1 is 1.47 bits per heavy atom. The molecule has 0 atom stereocenters. The molecule has 3 rings (SSSR count). The minimum Gasteiger partial charge on any atom is -0.460 e. The van der Waals surface area contributed by atoms with Gasteiger partial charge in [-0.1, -0.05) is 0 Å². The molecular weight excluding hydrogens is 242 g/mol. The van der Waals surface area contributed by atoms with E-state index >= 15 is 0 Å². The molecule has 0 radical (unpaired) electrons. The highest BCUT2D eigenvalue weighted by Crippen LogP contribution is 2.25. The fraction of sp³-hybridized carbons (Fsp3) is 0.500. The van der Waals surface area contributed by atoms with Crippen molar-refractivity contribution >= 4 is 0 Å². The van der Waals surface area contributed by atoms with Gasteiger partial charge in [0.05, 0.1) is 12.3 Å². The van der Waals surface area contributed by atoms with E-state index in [2.05, 4.69) is 15.5 Å². The average molecular weight is 261 g/mol. The van der Waals surface area contributed by atoms with Crippen LogP contribution >= 0.6 is 0 Å². The fourth-order valence-corrected chi connectivity index (χ4v) is 2.41. The Balaban J connectivity index is 1.61. The summed E-state index contributed by atoms with van der Waals surface area (Å²) < 4.78 is 10.9. The molecule has 0 unspecified atom stereocenters. The van der Waals surface area contributed by atoms with Crippen molar-refractivity contribution in [2.75, 3.05) is 7.11 Å². The van der Waals surface area contributed by atoms with Gasteiger partial charge in [-0.25, -0.2) is 0 Å². The normalized spacial score (nSPS) is 22.4. The lowest BCUT2D eigenvalue weighted by atomic mass is 9.89. The molecule has 2 N–H and O–H groups in total. The number of furan rings is 1. The zero-order chi connectivity index (χ0) is 13.2. The molecule has 0 bridgehead atoms. The monoisotopic (exact) mass is 261 g/mol. The Morgan fingerprint density at radius 3 is 3.00 bits per heavy atom. The van der Waals surface area contributed by atoms with Crippen LogP contribution in [-0.4, -0.2) is 29.5 Å². The number of methoxy groups -OCH3 is 1. The summed E-state index contributed by atoms with van der Waals surface area (Å²) in [7, 11) is 1.77. The lowest BCUT2D eigenvalue weighted by Gasteiger charge is -2.34. The van der Waals surface area contributed by atoms with Crippen molar-refractivity contribution in [3.8, 4) is 11.5 Å². The summed E-state index contributed by atoms with van der Waals surface area (Å²) >= 11 is 0. The highest BCUT2D eigenvalue weighted by Gasteiger charge is 2.28. The molecule has 1 fully saturated rings. The van der Waals surface area contributed by atoms with E-state index in [4.69, 9.17) is 9.15 Å². The van der Waals surface area contributed by atoms with Gasteiger partial charge < -0.3 is 14.5 Å².